The van der Waals surface area contributed by atoms with Crippen molar-refractivity contribution in [1.82, 2.24) is 15.0 Å². The van der Waals surface area contributed by atoms with Gasteiger partial charge in [-0.15, -0.1) is 0 Å². The van der Waals surface area contributed by atoms with Crippen LogP contribution in [0.4, 0.5) is 26.1 Å². The normalized spacial score (nSPS) is 14.7. The first-order chi connectivity index (χ1) is 13.1. The molecule has 3 heterocycles. The number of halogens is 2. The predicted molar refractivity (Wildman–Crippen MR) is 98.2 cm³/mol. The number of hydrogen-bond acceptors (Lipinski definition) is 6. The van der Waals surface area contributed by atoms with Gasteiger partial charge in [0.05, 0.1) is 31.7 Å². The zero-order chi connectivity index (χ0) is 18.8. The summed E-state index contributed by atoms with van der Waals surface area (Å²) in [5.41, 5.74) is 1.91. The number of ether oxygens (including phenoxy) is 2. The highest BCUT2D eigenvalue weighted by molar-refractivity contribution is 5.78. The maximum Gasteiger partial charge on any atom is 0.278 e. The molecular formula is C18H19F2N5O2. The van der Waals surface area contributed by atoms with E-state index in [1.165, 1.54) is 12.3 Å². The molecule has 1 fully saturated rings. The smallest absolute Gasteiger partial charge is 0.278 e. The minimum absolute atomic E-state index is 0.177. The van der Waals surface area contributed by atoms with Gasteiger partial charge >= 0.3 is 0 Å². The van der Waals surface area contributed by atoms with Crippen molar-refractivity contribution in [2.24, 2.45) is 0 Å². The molecule has 0 saturated carbocycles. The van der Waals surface area contributed by atoms with Gasteiger partial charge in [-0.05, 0) is 18.2 Å². The second kappa shape index (κ2) is 7.36. The molecule has 0 bridgehead atoms. The number of anilines is 3. The van der Waals surface area contributed by atoms with Gasteiger partial charge in [0, 0.05) is 36.4 Å². The van der Waals surface area contributed by atoms with E-state index in [1.807, 2.05) is 18.2 Å². The summed E-state index contributed by atoms with van der Waals surface area (Å²) in [5.74, 6) is 0.935. The van der Waals surface area contributed by atoms with Crippen molar-refractivity contribution in [2.75, 3.05) is 43.6 Å². The van der Waals surface area contributed by atoms with Crippen LogP contribution in [0.25, 0.3) is 11.0 Å². The van der Waals surface area contributed by atoms with Gasteiger partial charge in [0.2, 0.25) is 5.95 Å². The molecule has 0 radical (unpaired) electrons. The topological polar surface area (TPSA) is 75.3 Å². The van der Waals surface area contributed by atoms with Crippen molar-refractivity contribution < 1.29 is 18.3 Å². The molecule has 0 spiro atoms. The fraction of sp³-hybridized carbons (Fsp3) is 0.333. The minimum atomic E-state index is -2.58. The number of alkyl halides is 2. The largest absolute Gasteiger partial charge is 0.494 e. The Morgan fingerprint density at radius 1 is 1.26 bits per heavy atom. The number of nitrogens with zero attached hydrogens (tertiary/aromatic N) is 3. The van der Waals surface area contributed by atoms with Crippen molar-refractivity contribution >= 4 is 28.4 Å². The van der Waals surface area contributed by atoms with Crippen molar-refractivity contribution in [3.63, 3.8) is 0 Å². The van der Waals surface area contributed by atoms with Crippen molar-refractivity contribution in [1.29, 1.82) is 0 Å². The Morgan fingerprint density at radius 3 is 2.81 bits per heavy atom. The lowest BCUT2D eigenvalue weighted by molar-refractivity contribution is 0.122. The summed E-state index contributed by atoms with van der Waals surface area (Å²) in [4.78, 5) is 13.3. The van der Waals surface area contributed by atoms with Crippen LogP contribution in [0.5, 0.6) is 5.75 Å². The summed E-state index contributed by atoms with van der Waals surface area (Å²) in [6.07, 6.45) is -1.08. The fourth-order valence-electron chi connectivity index (χ4n) is 3.04. The van der Waals surface area contributed by atoms with Crippen LogP contribution >= 0.6 is 0 Å². The van der Waals surface area contributed by atoms with Crippen LogP contribution in [0, 0.1) is 0 Å². The first kappa shape index (κ1) is 17.5. The van der Waals surface area contributed by atoms with Crippen LogP contribution in [0.1, 0.15) is 12.1 Å². The van der Waals surface area contributed by atoms with E-state index in [9.17, 15) is 8.78 Å². The monoisotopic (exact) mass is 375 g/mol. The molecule has 27 heavy (non-hydrogen) atoms. The molecule has 3 aromatic rings. The predicted octanol–water partition coefficient (Wildman–Crippen LogP) is 3.48. The number of fused-ring (bicyclic) bond motifs is 1. The molecule has 142 valence electrons. The zero-order valence-electron chi connectivity index (χ0n) is 14.7. The number of nitrogens with one attached hydrogen (secondary N) is 2. The molecule has 0 unspecified atom stereocenters. The second-order valence-electron chi connectivity index (χ2n) is 6.13. The Bertz CT molecular complexity index is 941. The third-order valence-electron chi connectivity index (χ3n) is 4.43. The molecular weight excluding hydrogens is 356 g/mol. The van der Waals surface area contributed by atoms with Gasteiger partial charge in [0.25, 0.3) is 6.43 Å². The van der Waals surface area contributed by atoms with E-state index in [4.69, 9.17) is 9.47 Å². The fourth-order valence-corrected chi connectivity index (χ4v) is 3.04. The molecule has 7 nitrogen and oxygen atoms in total. The third kappa shape index (κ3) is 3.63. The van der Waals surface area contributed by atoms with E-state index in [0.29, 0.717) is 41.6 Å². The lowest BCUT2D eigenvalue weighted by Crippen LogP contribution is -2.36. The number of aromatic nitrogens is 3. The first-order valence-corrected chi connectivity index (χ1v) is 8.55. The average molecular weight is 375 g/mol. The van der Waals surface area contributed by atoms with Gasteiger partial charge in [-0.2, -0.15) is 4.98 Å². The van der Waals surface area contributed by atoms with Crippen LogP contribution in [0.2, 0.25) is 0 Å². The summed E-state index contributed by atoms with van der Waals surface area (Å²) in [7, 11) is 1.59. The number of methoxy groups -OCH3 is 1. The first-order valence-electron chi connectivity index (χ1n) is 8.55. The van der Waals surface area contributed by atoms with Gasteiger partial charge < -0.3 is 24.7 Å². The van der Waals surface area contributed by atoms with E-state index in [-0.39, 0.29) is 5.69 Å². The molecule has 0 aliphatic carbocycles. The highest BCUT2D eigenvalue weighted by Gasteiger charge is 2.15. The summed E-state index contributed by atoms with van der Waals surface area (Å²) in [6.45, 7) is 3.06. The van der Waals surface area contributed by atoms with Crippen LogP contribution in [0.15, 0.2) is 30.5 Å². The lowest BCUT2D eigenvalue weighted by Gasteiger charge is -2.29. The quantitative estimate of drug-likeness (QED) is 0.711. The van der Waals surface area contributed by atoms with Gasteiger partial charge in [0.15, 0.2) is 0 Å². The number of rotatable bonds is 5. The van der Waals surface area contributed by atoms with Crippen LogP contribution in [0.3, 0.4) is 0 Å². The number of hydrogen-bond donors (Lipinski definition) is 2. The Kier molecular flexibility index (Phi) is 4.76. The molecule has 4 rings (SSSR count). The second-order valence-corrected chi connectivity index (χ2v) is 6.13. The maximum atomic E-state index is 12.8. The van der Waals surface area contributed by atoms with E-state index >= 15 is 0 Å². The molecule has 1 aromatic carbocycles. The van der Waals surface area contributed by atoms with E-state index in [0.717, 1.165) is 18.8 Å². The molecule has 0 amide bonds. The number of H-pyrrole nitrogens is 1. The van der Waals surface area contributed by atoms with Gasteiger partial charge in [-0.3, -0.25) is 0 Å². The Hall–Kier alpha value is -2.94. The van der Waals surface area contributed by atoms with E-state index in [2.05, 4.69) is 25.2 Å². The third-order valence-corrected chi connectivity index (χ3v) is 4.43. The molecule has 9 heteroatoms. The van der Waals surface area contributed by atoms with Crippen molar-refractivity contribution in [3.05, 3.63) is 36.2 Å². The van der Waals surface area contributed by atoms with E-state index < -0.39 is 6.43 Å². The maximum absolute atomic E-state index is 12.8. The van der Waals surface area contributed by atoms with Crippen LogP contribution < -0.4 is 15.0 Å². The summed E-state index contributed by atoms with van der Waals surface area (Å²) in [6, 6.07) is 7.16. The Balaban J connectivity index is 1.58. The Labute approximate surface area is 154 Å². The molecule has 1 aliphatic rings. The standard InChI is InChI=1S/C18H19F2N5O2/c1-26-15-9-12(25-4-6-27-7-5-25)2-3-13(15)23-18-21-10-11-8-14(16(19)20)22-17(11)24-18/h2-3,8-10,16H,4-7H2,1H3,(H2,21,22,23,24). The van der Waals surface area contributed by atoms with Crippen molar-refractivity contribution in [3.8, 4) is 5.75 Å². The molecule has 2 aromatic heterocycles. The minimum Gasteiger partial charge on any atom is -0.494 e. The van der Waals surface area contributed by atoms with Crippen molar-refractivity contribution in [2.45, 2.75) is 6.43 Å². The summed E-state index contributed by atoms with van der Waals surface area (Å²) in [5, 5.41) is 3.62. The summed E-state index contributed by atoms with van der Waals surface area (Å²) < 4.78 is 36.5. The average Bonchev–Trinajstić information content (AvgIpc) is 3.13. The van der Waals surface area contributed by atoms with Gasteiger partial charge in [0.1, 0.15) is 11.4 Å². The molecule has 2 N–H and O–H groups in total. The zero-order valence-corrected chi connectivity index (χ0v) is 14.7. The molecule has 0 atom stereocenters. The Morgan fingerprint density at radius 2 is 2.07 bits per heavy atom. The summed E-state index contributed by atoms with van der Waals surface area (Å²) >= 11 is 0. The van der Waals surface area contributed by atoms with Crippen LogP contribution in [-0.2, 0) is 4.74 Å². The van der Waals surface area contributed by atoms with Gasteiger partial charge in [-0.1, -0.05) is 0 Å². The molecule has 1 aliphatic heterocycles. The number of morpholine rings is 1. The SMILES string of the molecule is COc1cc(N2CCOCC2)ccc1Nc1ncc2cc(C(F)F)[nH]c2n1. The lowest BCUT2D eigenvalue weighted by atomic mass is 10.2. The highest BCUT2D eigenvalue weighted by Crippen LogP contribution is 2.32. The number of aromatic amines is 1. The number of benzene rings is 1. The van der Waals surface area contributed by atoms with Gasteiger partial charge in [-0.25, -0.2) is 13.8 Å². The highest BCUT2D eigenvalue weighted by atomic mass is 19.3. The van der Waals surface area contributed by atoms with Crippen LogP contribution in [-0.4, -0.2) is 48.4 Å². The molecule has 1 saturated heterocycles. The van der Waals surface area contributed by atoms with E-state index in [1.54, 1.807) is 7.11 Å².